The first kappa shape index (κ1) is 14.5. The molecule has 0 amide bonds. The van der Waals surface area contributed by atoms with E-state index in [1.807, 2.05) is 6.08 Å². The van der Waals surface area contributed by atoms with Crippen LogP contribution in [-0.4, -0.2) is 22.4 Å². The van der Waals surface area contributed by atoms with Crippen molar-refractivity contribution in [3.8, 4) is 0 Å². The average molecular weight is 238 g/mol. The molecule has 0 bridgehead atoms. The van der Waals surface area contributed by atoms with E-state index in [-0.39, 0.29) is 11.8 Å². The highest BCUT2D eigenvalue weighted by Gasteiger charge is 2.29. The zero-order valence-electron chi connectivity index (χ0n) is 11.5. The molecule has 0 spiro atoms. The summed E-state index contributed by atoms with van der Waals surface area (Å²) in [6, 6.07) is 0. The zero-order valence-corrected chi connectivity index (χ0v) is 11.5. The van der Waals surface area contributed by atoms with Gasteiger partial charge >= 0.3 is 0 Å². The highest BCUT2D eigenvalue weighted by molar-refractivity contribution is 5.10. The molecule has 17 heavy (non-hydrogen) atoms. The summed E-state index contributed by atoms with van der Waals surface area (Å²) < 4.78 is 0. The van der Waals surface area contributed by atoms with Crippen molar-refractivity contribution < 1.29 is 10.2 Å². The molecule has 0 saturated heterocycles. The molecule has 3 unspecified atom stereocenters. The van der Waals surface area contributed by atoms with E-state index in [0.717, 1.165) is 12.8 Å². The number of rotatable bonds is 1. The molecule has 2 nitrogen and oxygen atoms in total. The number of hydrogen-bond donors (Lipinski definition) is 2. The van der Waals surface area contributed by atoms with Gasteiger partial charge < -0.3 is 10.2 Å². The smallest absolute Gasteiger partial charge is 0.0778 e. The Kier molecular flexibility index (Phi) is 5.41. The summed E-state index contributed by atoms with van der Waals surface area (Å²) in [5.41, 5.74) is 2.44. The Labute approximate surface area is 105 Å². The Morgan fingerprint density at radius 2 is 1.82 bits per heavy atom. The first-order valence-electron chi connectivity index (χ1n) is 6.61. The van der Waals surface area contributed by atoms with E-state index < -0.39 is 12.2 Å². The lowest BCUT2D eigenvalue weighted by Gasteiger charge is -2.30. The molecule has 0 radical (unpaired) electrons. The summed E-state index contributed by atoms with van der Waals surface area (Å²) in [5, 5.41) is 20.5. The van der Waals surface area contributed by atoms with Crippen LogP contribution in [0.25, 0.3) is 0 Å². The van der Waals surface area contributed by atoms with Gasteiger partial charge in [-0.3, -0.25) is 0 Å². The van der Waals surface area contributed by atoms with Crippen molar-refractivity contribution in [1.82, 2.24) is 0 Å². The van der Waals surface area contributed by atoms with Gasteiger partial charge in [0, 0.05) is 5.92 Å². The molecule has 1 aliphatic carbocycles. The molecule has 0 aromatic carbocycles. The van der Waals surface area contributed by atoms with Crippen LogP contribution in [0.5, 0.6) is 0 Å². The van der Waals surface area contributed by atoms with Gasteiger partial charge in [0.15, 0.2) is 0 Å². The van der Waals surface area contributed by atoms with Gasteiger partial charge in [0.1, 0.15) is 0 Å². The summed E-state index contributed by atoms with van der Waals surface area (Å²) in [6.07, 6.45) is 5.80. The minimum atomic E-state index is -0.532. The SMILES string of the molecule is C/C1=C\C(O)C(C(C)C)C(O)C/C(C)=C/CC1. The molecule has 0 heterocycles. The average Bonchev–Trinajstić information content (AvgIpc) is 2.14. The van der Waals surface area contributed by atoms with Gasteiger partial charge in [-0.25, -0.2) is 0 Å². The maximum absolute atomic E-state index is 10.3. The topological polar surface area (TPSA) is 40.5 Å². The van der Waals surface area contributed by atoms with Crippen LogP contribution in [0.15, 0.2) is 23.3 Å². The van der Waals surface area contributed by atoms with Crippen molar-refractivity contribution in [1.29, 1.82) is 0 Å². The molecule has 0 fully saturated rings. The molecule has 0 aliphatic heterocycles. The Balaban J connectivity index is 2.95. The third-order valence-electron chi connectivity index (χ3n) is 3.63. The van der Waals surface area contributed by atoms with E-state index >= 15 is 0 Å². The zero-order chi connectivity index (χ0) is 13.0. The fourth-order valence-electron chi connectivity index (χ4n) is 2.65. The molecule has 3 atom stereocenters. The van der Waals surface area contributed by atoms with E-state index in [1.165, 1.54) is 11.1 Å². The summed E-state index contributed by atoms with van der Waals surface area (Å²) in [5.74, 6) is 0.197. The van der Waals surface area contributed by atoms with Crippen molar-refractivity contribution in [2.45, 2.75) is 59.2 Å². The maximum atomic E-state index is 10.3. The maximum Gasteiger partial charge on any atom is 0.0778 e. The van der Waals surface area contributed by atoms with Crippen molar-refractivity contribution in [2.75, 3.05) is 0 Å². The molecule has 0 aromatic rings. The van der Waals surface area contributed by atoms with Crippen LogP contribution in [0.3, 0.4) is 0 Å². The first-order chi connectivity index (χ1) is 7.91. The molecule has 0 aromatic heterocycles. The minimum Gasteiger partial charge on any atom is -0.392 e. The van der Waals surface area contributed by atoms with Crippen LogP contribution in [-0.2, 0) is 0 Å². The number of aliphatic hydroxyl groups excluding tert-OH is 2. The molecule has 0 saturated carbocycles. The lowest BCUT2D eigenvalue weighted by atomic mass is 9.81. The first-order valence-corrected chi connectivity index (χ1v) is 6.61. The van der Waals surface area contributed by atoms with E-state index in [0.29, 0.717) is 6.42 Å². The monoisotopic (exact) mass is 238 g/mol. The predicted molar refractivity (Wildman–Crippen MR) is 71.7 cm³/mol. The van der Waals surface area contributed by atoms with Crippen molar-refractivity contribution in [3.63, 3.8) is 0 Å². The normalized spacial score (nSPS) is 38.2. The van der Waals surface area contributed by atoms with Crippen LogP contribution in [0, 0.1) is 11.8 Å². The molecule has 1 aliphatic rings. The van der Waals surface area contributed by atoms with Crippen molar-refractivity contribution in [2.24, 2.45) is 11.8 Å². The second-order valence-electron chi connectivity index (χ2n) is 5.69. The molecule has 2 heteroatoms. The fraction of sp³-hybridized carbons (Fsp3) is 0.733. The number of aliphatic hydroxyl groups is 2. The van der Waals surface area contributed by atoms with Crippen LogP contribution in [0.2, 0.25) is 0 Å². The van der Waals surface area contributed by atoms with E-state index in [4.69, 9.17) is 0 Å². The van der Waals surface area contributed by atoms with Gasteiger partial charge in [0.05, 0.1) is 12.2 Å². The van der Waals surface area contributed by atoms with Crippen LogP contribution >= 0.6 is 0 Å². The Morgan fingerprint density at radius 1 is 1.18 bits per heavy atom. The van der Waals surface area contributed by atoms with Crippen molar-refractivity contribution >= 4 is 0 Å². The second kappa shape index (κ2) is 6.36. The molecule has 98 valence electrons. The lowest BCUT2D eigenvalue weighted by Crippen LogP contribution is -2.35. The van der Waals surface area contributed by atoms with Crippen LogP contribution in [0.1, 0.15) is 47.0 Å². The number of allylic oxidation sites excluding steroid dienone is 2. The third-order valence-corrected chi connectivity index (χ3v) is 3.63. The van der Waals surface area contributed by atoms with E-state index in [2.05, 4.69) is 33.8 Å². The van der Waals surface area contributed by atoms with Gasteiger partial charge in [-0.1, -0.05) is 37.1 Å². The van der Waals surface area contributed by atoms with Gasteiger partial charge in [-0.2, -0.15) is 0 Å². The summed E-state index contributed by atoms with van der Waals surface area (Å²) in [4.78, 5) is 0. The third kappa shape index (κ3) is 4.29. The van der Waals surface area contributed by atoms with Crippen molar-refractivity contribution in [3.05, 3.63) is 23.3 Å². The Bertz CT molecular complexity index is 302. The predicted octanol–water partition coefficient (Wildman–Crippen LogP) is 3.06. The largest absolute Gasteiger partial charge is 0.392 e. The summed E-state index contributed by atoms with van der Waals surface area (Å²) in [7, 11) is 0. The molecule has 2 N–H and O–H groups in total. The standard InChI is InChI=1S/C15H26O2/c1-10(2)15-13(16)8-11(3)6-5-7-12(4)9-14(15)17/h6,9-10,13-17H,5,7-8H2,1-4H3/b11-6+,12-9+. The Morgan fingerprint density at radius 3 is 2.41 bits per heavy atom. The number of hydrogen-bond acceptors (Lipinski definition) is 2. The minimum absolute atomic E-state index is 0.0774. The summed E-state index contributed by atoms with van der Waals surface area (Å²) >= 11 is 0. The van der Waals surface area contributed by atoms with Gasteiger partial charge in [-0.15, -0.1) is 0 Å². The van der Waals surface area contributed by atoms with Gasteiger partial charge in [-0.05, 0) is 39.0 Å². The highest BCUT2D eigenvalue weighted by atomic mass is 16.3. The van der Waals surface area contributed by atoms with Gasteiger partial charge in [0.25, 0.3) is 0 Å². The van der Waals surface area contributed by atoms with Crippen LogP contribution < -0.4 is 0 Å². The molecule has 1 rings (SSSR count). The highest BCUT2D eigenvalue weighted by Crippen LogP contribution is 2.27. The van der Waals surface area contributed by atoms with Crippen LogP contribution in [0.4, 0.5) is 0 Å². The van der Waals surface area contributed by atoms with Gasteiger partial charge in [0.2, 0.25) is 0 Å². The lowest BCUT2D eigenvalue weighted by molar-refractivity contribution is 0.0101. The second-order valence-corrected chi connectivity index (χ2v) is 5.69. The molecular formula is C15H26O2. The fourth-order valence-corrected chi connectivity index (χ4v) is 2.65. The molecular weight excluding hydrogens is 212 g/mol. The van der Waals surface area contributed by atoms with E-state index in [1.54, 1.807) is 0 Å². The van der Waals surface area contributed by atoms with E-state index in [9.17, 15) is 10.2 Å². The Hall–Kier alpha value is -0.600. The summed E-state index contributed by atoms with van der Waals surface area (Å²) in [6.45, 7) is 8.24. The quantitative estimate of drug-likeness (QED) is 0.689.